The molecule has 1 N–H and O–H groups in total. The van der Waals surface area contributed by atoms with Gasteiger partial charge >= 0.3 is 0 Å². The first-order valence-electron chi connectivity index (χ1n) is 6.42. The monoisotopic (exact) mass is 285 g/mol. The molecule has 0 spiro atoms. The highest BCUT2D eigenvalue weighted by molar-refractivity contribution is 5.57. The van der Waals surface area contributed by atoms with Gasteiger partial charge in [-0.2, -0.15) is 5.10 Å². The Bertz CT molecular complexity index is 770. The highest BCUT2D eigenvalue weighted by Crippen LogP contribution is 2.34. The molecule has 6 nitrogen and oxygen atoms in total. The van der Waals surface area contributed by atoms with E-state index >= 15 is 0 Å². The van der Waals surface area contributed by atoms with E-state index in [1.54, 1.807) is 61.7 Å². The first kappa shape index (κ1) is 13.4. The van der Waals surface area contributed by atoms with Crippen LogP contribution in [0, 0.1) is 0 Å². The average molecular weight is 285 g/mol. The largest absolute Gasteiger partial charge is 0.497 e. The van der Waals surface area contributed by atoms with Crippen molar-refractivity contribution in [2.75, 3.05) is 14.2 Å². The molecular weight excluding hydrogens is 270 g/mol. The van der Waals surface area contributed by atoms with Gasteiger partial charge in [0, 0.05) is 29.6 Å². The molecule has 0 bridgehead atoms. The molecule has 108 valence electrons. The van der Waals surface area contributed by atoms with E-state index in [0.717, 1.165) is 5.52 Å². The molecule has 2 heterocycles. The number of ether oxygens (including phenoxy) is 2. The number of aromatic nitrogens is 3. The molecule has 0 aliphatic rings. The topological polar surface area (TPSA) is 68.9 Å². The number of aliphatic hydroxyl groups excluding tert-OH is 1. The van der Waals surface area contributed by atoms with Crippen molar-refractivity contribution in [1.82, 2.24) is 14.6 Å². The molecule has 1 atom stereocenters. The molecule has 3 aromatic rings. The summed E-state index contributed by atoms with van der Waals surface area (Å²) >= 11 is 0. The van der Waals surface area contributed by atoms with Crippen molar-refractivity contribution in [2.45, 2.75) is 6.10 Å². The normalized spacial score (nSPS) is 12.3. The third kappa shape index (κ3) is 2.30. The van der Waals surface area contributed by atoms with E-state index in [2.05, 4.69) is 10.1 Å². The van der Waals surface area contributed by atoms with Crippen LogP contribution in [0.15, 0.2) is 43.0 Å². The van der Waals surface area contributed by atoms with Crippen molar-refractivity contribution in [3.8, 4) is 11.5 Å². The van der Waals surface area contributed by atoms with Crippen molar-refractivity contribution < 1.29 is 14.6 Å². The van der Waals surface area contributed by atoms with Crippen LogP contribution in [0.5, 0.6) is 11.5 Å². The summed E-state index contributed by atoms with van der Waals surface area (Å²) in [4.78, 5) is 4.07. The van der Waals surface area contributed by atoms with Gasteiger partial charge in [0.05, 0.1) is 32.1 Å². The van der Waals surface area contributed by atoms with E-state index in [0.29, 0.717) is 22.6 Å². The zero-order chi connectivity index (χ0) is 14.8. The zero-order valence-electron chi connectivity index (χ0n) is 11.7. The Hall–Kier alpha value is -2.60. The summed E-state index contributed by atoms with van der Waals surface area (Å²) in [6.07, 6.45) is 5.82. The average Bonchev–Trinajstić information content (AvgIpc) is 2.97. The lowest BCUT2D eigenvalue weighted by Crippen LogP contribution is -2.03. The number of benzene rings is 1. The maximum absolute atomic E-state index is 10.7. The van der Waals surface area contributed by atoms with Gasteiger partial charge in [-0.15, -0.1) is 0 Å². The van der Waals surface area contributed by atoms with Gasteiger partial charge in [0.15, 0.2) is 0 Å². The Labute approximate surface area is 121 Å². The Kier molecular flexibility index (Phi) is 3.45. The summed E-state index contributed by atoms with van der Waals surface area (Å²) in [5, 5.41) is 14.9. The summed E-state index contributed by atoms with van der Waals surface area (Å²) in [5.74, 6) is 1.23. The minimum absolute atomic E-state index is 0.560. The van der Waals surface area contributed by atoms with Crippen LogP contribution in [0.1, 0.15) is 17.2 Å². The van der Waals surface area contributed by atoms with Crippen molar-refractivity contribution >= 4 is 5.52 Å². The first-order chi connectivity index (χ1) is 10.2. The molecule has 0 aliphatic heterocycles. The SMILES string of the molecule is COc1ccc(C(O)c2cnn3ccncc23)c(OC)c1. The Morgan fingerprint density at radius 1 is 1.14 bits per heavy atom. The van der Waals surface area contributed by atoms with E-state index in [4.69, 9.17) is 9.47 Å². The standard InChI is InChI=1S/C15H15N3O3/c1-20-10-3-4-11(14(7-10)21-2)15(19)12-8-17-18-6-5-16-9-13(12)18/h3-9,15,19H,1-2H3. The fraction of sp³-hybridized carbons (Fsp3) is 0.200. The lowest BCUT2D eigenvalue weighted by atomic mass is 10.0. The number of fused-ring (bicyclic) bond motifs is 1. The van der Waals surface area contributed by atoms with Crippen LogP contribution >= 0.6 is 0 Å². The van der Waals surface area contributed by atoms with Crippen molar-refractivity contribution in [3.05, 3.63) is 54.1 Å². The maximum Gasteiger partial charge on any atom is 0.128 e. The Morgan fingerprint density at radius 3 is 2.76 bits per heavy atom. The highest BCUT2D eigenvalue weighted by Gasteiger charge is 2.20. The molecular formula is C15H15N3O3. The lowest BCUT2D eigenvalue weighted by molar-refractivity contribution is 0.216. The van der Waals surface area contributed by atoms with Crippen LogP contribution in [0.3, 0.4) is 0 Å². The van der Waals surface area contributed by atoms with Gasteiger partial charge in [0.2, 0.25) is 0 Å². The van der Waals surface area contributed by atoms with E-state index < -0.39 is 6.10 Å². The molecule has 1 unspecified atom stereocenters. The summed E-state index contributed by atoms with van der Waals surface area (Å²) < 4.78 is 12.2. The van der Waals surface area contributed by atoms with E-state index in [-0.39, 0.29) is 0 Å². The summed E-state index contributed by atoms with van der Waals surface area (Å²) in [7, 11) is 3.14. The lowest BCUT2D eigenvalue weighted by Gasteiger charge is -2.15. The van der Waals surface area contributed by atoms with Crippen LogP contribution in [-0.2, 0) is 0 Å². The Morgan fingerprint density at radius 2 is 2.00 bits per heavy atom. The fourth-order valence-electron chi connectivity index (χ4n) is 2.28. The highest BCUT2D eigenvalue weighted by atomic mass is 16.5. The number of rotatable bonds is 4. The van der Waals surface area contributed by atoms with Gasteiger partial charge in [0.1, 0.15) is 17.6 Å². The van der Waals surface area contributed by atoms with Gasteiger partial charge in [0.25, 0.3) is 0 Å². The zero-order valence-corrected chi connectivity index (χ0v) is 11.7. The number of hydrogen-bond acceptors (Lipinski definition) is 5. The molecule has 1 aromatic carbocycles. The summed E-state index contributed by atoms with van der Waals surface area (Å²) in [6.45, 7) is 0. The van der Waals surface area contributed by atoms with Gasteiger partial charge in [-0.1, -0.05) is 0 Å². The van der Waals surface area contributed by atoms with E-state index in [1.807, 2.05) is 0 Å². The number of nitrogens with zero attached hydrogens (tertiary/aromatic N) is 3. The predicted molar refractivity (Wildman–Crippen MR) is 76.6 cm³/mol. The third-order valence-electron chi connectivity index (χ3n) is 3.38. The maximum atomic E-state index is 10.7. The Balaban J connectivity index is 2.07. The summed E-state index contributed by atoms with van der Waals surface area (Å²) in [6, 6.07) is 5.30. The molecule has 0 radical (unpaired) electrons. The third-order valence-corrected chi connectivity index (χ3v) is 3.38. The number of methoxy groups -OCH3 is 2. The molecule has 0 saturated heterocycles. The molecule has 21 heavy (non-hydrogen) atoms. The van der Waals surface area contributed by atoms with Crippen molar-refractivity contribution in [3.63, 3.8) is 0 Å². The van der Waals surface area contributed by atoms with Crippen LogP contribution < -0.4 is 9.47 Å². The van der Waals surface area contributed by atoms with Crippen LogP contribution in [0.2, 0.25) is 0 Å². The smallest absolute Gasteiger partial charge is 0.128 e. The van der Waals surface area contributed by atoms with Gasteiger partial charge in [-0.25, -0.2) is 4.52 Å². The fourth-order valence-corrected chi connectivity index (χ4v) is 2.28. The second kappa shape index (κ2) is 5.41. The van der Waals surface area contributed by atoms with Crippen molar-refractivity contribution in [2.24, 2.45) is 0 Å². The van der Waals surface area contributed by atoms with Crippen LogP contribution in [-0.4, -0.2) is 33.9 Å². The van der Waals surface area contributed by atoms with Gasteiger partial charge in [-0.3, -0.25) is 4.98 Å². The molecule has 6 heteroatoms. The van der Waals surface area contributed by atoms with E-state index in [9.17, 15) is 5.11 Å². The predicted octanol–water partition coefficient (Wildman–Crippen LogP) is 1.83. The quantitative estimate of drug-likeness (QED) is 0.792. The van der Waals surface area contributed by atoms with Gasteiger partial charge in [-0.05, 0) is 12.1 Å². The first-order valence-corrected chi connectivity index (χ1v) is 6.42. The molecule has 0 aliphatic carbocycles. The van der Waals surface area contributed by atoms with Crippen molar-refractivity contribution in [1.29, 1.82) is 0 Å². The molecule has 2 aromatic heterocycles. The number of aliphatic hydroxyl groups is 1. The molecule has 0 amide bonds. The number of hydrogen-bond donors (Lipinski definition) is 1. The summed E-state index contributed by atoms with van der Waals surface area (Å²) in [5.41, 5.74) is 2.08. The molecule has 0 saturated carbocycles. The second-order valence-corrected chi connectivity index (χ2v) is 4.52. The minimum atomic E-state index is -0.854. The van der Waals surface area contributed by atoms with E-state index in [1.165, 1.54) is 0 Å². The molecule has 0 fully saturated rings. The van der Waals surface area contributed by atoms with Crippen LogP contribution in [0.4, 0.5) is 0 Å². The minimum Gasteiger partial charge on any atom is -0.497 e. The van der Waals surface area contributed by atoms with Crippen LogP contribution in [0.25, 0.3) is 5.52 Å². The van der Waals surface area contributed by atoms with Gasteiger partial charge < -0.3 is 14.6 Å². The second-order valence-electron chi connectivity index (χ2n) is 4.52. The molecule has 3 rings (SSSR count).